The summed E-state index contributed by atoms with van der Waals surface area (Å²) in [5, 5.41) is 2.18. The first-order valence-corrected chi connectivity index (χ1v) is 11.7. The van der Waals surface area contributed by atoms with Crippen LogP contribution in [-0.4, -0.2) is 69.7 Å². The fourth-order valence-electron chi connectivity index (χ4n) is 3.10. The number of benzene rings is 1. The van der Waals surface area contributed by atoms with Crippen LogP contribution in [0.3, 0.4) is 0 Å². The van der Waals surface area contributed by atoms with Gasteiger partial charge in [0, 0.05) is 6.54 Å². The third-order valence-corrected chi connectivity index (χ3v) is 6.82. The predicted octanol–water partition coefficient (Wildman–Crippen LogP) is 1.56. The van der Waals surface area contributed by atoms with E-state index in [9.17, 15) is 18.0 Å². The Labute approximate surface area is 171 Å². The average Bonchev–Trinajstić information content (AvgIpc) is 3.44. The number of urea groups is 1. The van der Waals surface area contributed by atoms with E-state index >= 15 is 0 Å². The molecule has 3 amide bonds. The van der Waals surface area contributed by atoms with E-state index in [4.69, 9.17) is 9.47 Å². The summed E-state index contributed by atoms with van der Waals surface area (Å²) in [6.07, 6.45) is 2.44. The SMILES string of the molecule is C[C@@H](CS(=O)(=O)CCOCCN1CC(=O)NC1=O)c1cccc(OCC2CC2)c1. The highest BCUT2D eigenvalue weighted by atomic mass is 32.2. The van der Waals surface area contributed by atoms with Crippen molar-refractivity contribution in [2.45, 2.75) is 25.7 Å². The molecule has 0 spiro atoms. The lowest BCUT2D eigenvalue weighted by Gasteiger charge is -2.15. The topological polar surface area (TPSA) is 102 Å². The second kappa shape index (κ2) is 9.58. The van der Waals surface area contributed by atoms with Crippen molar-refractivity contribution in [2.75, 3.05) is 44.4 Å². The summed E-state index contributed by atoms with van der Waals surface area (Å²) in [5.41, 5.74) is 0.938. The summed E-state index contributed by atoms with van der Waals surface area (Å²) < 4.78 is 35.9. The second-order valence-corrected chi connectivity index (χ2v) is 9.96. The minimum absolute atomic E-state index is 0.0153. The average molecular weight is 425 g/mol. The van der Waals surface area contributed by atoms with Crippen LogP contribution in [-0.2, 0) is 19.4 Å². The normalized spacial score (nSPS) is 18.0. The molecule has 1 heterocycles. The number of amides is 3. The summed E-state index contributed by atoms with van der Waals surface area (Å²) >= 11 is 0. The number of carbonyl (C=O) groups excluding carboxylic acids is 2. The number of sulfone groups is 1. The van der Waals surface area contributed by atoms with Gasteiger partial charge in [0.05, 0.1) is 31.3 Å². The van der Waals surface area contributed by atoms with Gasteiger partial charge in [-0.05, 0) is 42.4 Å². The van der Waals surface area contributed by atoms with Crippen LogP contribution in [0.5, 0.6) is 5.75 Å². The van der Waals surface area contributed by atoms with Gasteiger partial charge in [-0.15, -0.1) is 0 Å². The Bertz CT molecular complexity index is 837. The van der Waals surface area contributed by atoms with E-state index in [-0.39, 0.29) is 49.6 Å². The van der Waals surface area contributed by atoms with Gasteiger partial charge in [-0.1, -0.05) is 19.1 Å². The van der Waals surface area contributed by atoms with Crippen molar-refractivity contribution in [2.24, 2.45) is 5.92 Å². The van der Waals surface area contributed by atoms with Crippen LogP contribution in [0.15, 0.2) is 24.3 Å². The summed E-state index contributed by atoms with van der Waals surface area (Å²) in [6, 6.07) is 7.19. The maximum Gasteiger partial charge on any atom is 0.324 e. The molecule has 0 aromatic heterocycles. The smallest absolute Gasteiger partial charge is 0.324 e. The van der Waals surface area contributed by atoms with Crippen LogP contribution < -0.4 is 10.1 Å². The minimum atomic E-state index is -3.29. The van der Waals surface area contributed by atoms with E-state index in [1.54, 1.807) is 0 Å². The monoisotopic (exact) mass is 424 g/mol. The first kappa shape index (κ1) is 21.6. The first-order chi connectivity index (χ1) is 13.8. The van der Waals surface area contributed by atoms with Gasteiger partial charge in [0.25, 0.3) is 0 Å². The van der Waals surface area contributed by atoms with Crippen LogP contribution in [0, 0.1) is 5.92 Å². The zero-order valence-corrected chi connectivity index (χ0v) is 17.4. The molecule has 1 aliphatic carbocycles. The highest BCUT2D eigenvalue weighted by Gasteiger charge is 2.26. The highest BCUT2D eigenvalue weighted by Crippen LogP contribution is 2.30. The van der Waals surface area contributed by atoms with Gasteiger partial charge in [0.2, 0.25) is 5.91 Å². The van der Waals surface area contributed by atoms with Crippen molar-refractivity contribution < 1.29 is 27.5 Å². The molecule has 8 nitrogen and oxygen atoms in total. The van der Waals surface area contributed by atoms with Crippen molar-refractivity contribution in [3.63, 3.8) is 0 Å². The maximum absolute atomic E-state index is 12.4. The largest absolute Gasteiger partial charge is 0.493 e. The molecule has 29 heavy (non-hydrogen) atoms. The van der Waals surface area contributed by atoms with Crippen LogP contribution in [0.2, 0.25) is 0 Å². The molecule has 3 rings (SSSR count). The van der Waals surface area contributed by atoms with Gasteiger partial charge < -0.3 is 14.4 Å². The number of carbonyl (C=O) groups is 2. The van der Waals surface area contributed by atoms with Crippen LogP contribution >= 0.6 is 0 Å². The van der Waals surface area contributed by atoms with E-state index in [2.05, 4.69) is 5.32 Å². The fraction of sp³-hybridized carbons (Fsp3) is 0.600. The van der Waals surface area contributed by atoms with E-state index in [0.29, 0.717) is 5.92 Å². The van der Waals surface area contributed by atoms with Gasteiger partial charge in [-0.3, -0.25) is 10.1 Å². The number of imide groups is 1. The lowest BCUT2D eigenvalue weighted by atomic mass is 10.0. The van der Waals surface area contributed by atoms with Crippen molar-refractivity contribution in [3.8, 4) is 5.75 Å². The van der Waals surface area contributed by atoms with Crippen molar-refractivity contribution in [3.05, 3.63) is 29.8 Å². The molecule has 1 aliphatic heterocycles. The lowest BCUT2D eigenvalue weighted by Crippen LogP contribution is -2.31. The zero-order chi connectivity index (χ0) is 20.9. The standard InChI is InChI=1S/C20H28N2O6S/c1-15(17-3-2-4-18(11-17)28-13-16-5-6-16)14-29(25,26)10-9-27-8-7-22-12-19(23)21-20(22)24/h2-4,11,15-16H,5-10,12-14H2,1H3,(H,21,23,24)/t15-/m0/s1. The molecule has 1 N–H and O–H groups in total. The summed E-state index contributed by atoms with van der Waals surface area (Å²) in [4.78, 5) is 23.8. The molecule has 1 aromatic carbocycles. The molecule has 160 valence electrons. The lowest BCUT2D eigenvalue weighted by molar-refractivity contribution is -0.118. The third-order valence-electron chi connectivity index (χ3n) is 5.03. The Balaban J connectivity index is 1.38. The molecule has 0 unspecified atom stereocenters. The summed E-state index contributed by atoms with van der Waals surface area (Å²) in [6.45, 7) is 3.13. The quantitative estimate of drug-likeness (QED) is 0.404. The van der Waals surface area contributed by atoms with E-state index in [1.807, 2.05) is 31.2 Å². The van der Waals surface area contributed by atoms with Gasteiger partial charge in [-0.2, -0.15) is 0 Å². The second-order valence-electron chi connectivity index (χ2n) is 7.73. The number of hydrogen-bond donors (Lipinski definition) is 1. The summed E-state index contributed by atoms with van der Waals surface area (Å²) in [7, 11) is -3.29. The Morgan fingerprint density at radius 1 is 1.24 bits per heavy atom. The number of ether oxygens (including phenoxy) is 2. The Morgan fingerprint density at radius 2 is 2.03 bits per heavy atom. The highest BCUT2D eigenvalue weighted by molar-refractivity contribution is 7.91. The van der Waals surface area contributed by atoms with Crippen molar-refractivity contribution in [1.82, 2.24) is 10.2 Å². The Kier molecular flexibility index (Phi) is 7.13. The van der Waals surface area contributed by atoms with Gasteiger partial charge >= 0.3 is 6.03 Å². The molecular weight excluding hydrogens is 396 g/mol. The molecule has 2 fully saturated rings. The van der Waals surface area contributed by atoms with Gasteiger partial charge in [0.15, 0.2) is 9.84 Å². The van der Waals surface area contributed by atoms with Crippen LogP contribution in [0.4, 0.5) is 4.79 Å². The molecular formula is C20H28N2O6S. The molecule has 1 saturated heterocycles. The molecule has 2 aliphatic rings. The van der Waals surface area contributed by atoms with Crippen molar-refractivity contribution >= 4 is 21.8 Å². The number of hydrogen-bond acceptors (Lipinski definition) is 6. The predicted molar refractivity (Wildman–Crippen MR) is 108 cm³/mol. The molecule has 1 aromatic rings. The Morgan fingerprint density at radius 3 is 2.72 bits per heavy atom. The van der Waals surface area contributed by atoms with Crippen molar-refractivity contribution in [1.29, 1.82) is 0 Å². The number of nitrogens with one attached hydrogen (secondary N) is 1. The minimum Gasteiger partial charge on any atom is -0.493 e. The number of rotatable bonds is 12. The van der Waals surface area contributed by atoms with Gasteiger partial charge in [-0.25, -0.2) is 13.2 Å². The molecule has 1 saturated carbocycles. The van der Waals surface area contributed by atoms with E-state index < -0.39 is 15.9 Å². The Hall–Kier alpha value is -2.13. The number of nitrogens with zero attached hydrogens (tertiary/aromatic N) is 1. The van der Waals surface area contributed by atoms with E-state index in [0.717, 1.165) is 17.9 Å². The molecule has 9 heteroatoms. The summed E-state index contributed by atoms with van der Waals surface area (Å²) in [5.74, 6) is 0.909. The van der Waals surface area contributed by atoms with Crippen LogP contribution in [0.1, 0.15) is 31.2 Å². The van der Waals surface area contributed by atoms with E-state index in [1.165, 1.54) is 17.7 Å². The fourth-order valence-corrected chi connectivity index (χ4v) is 4.59. The third kappa shape index (κ3) is 7.01. The molecule has 1 atom stereocenters. The maximum atomic E-state index is 12.4. The van der Waals surface area contributed by atoms with Gasteiger partial charge in [0.1, 0.15) is 12.3 Å². The molecule has 0 radical (unpaired) electrons. The first-order valence-electron chi connectivity index (χ1n) is 9.92. The van der Waals surface area contributed by atoms with Crippen LogP contribution in [0.25, 0.3) is 0 Å². The molecule has 0 bridgehead atoms. The zero-order valence-electron chi connectivity index (χ0n) is 16.6.